The molecule has 1 saturated carbocycles. The summed E-state index contributed by atoms with van der Waals surface area (Å²) in [4.78, 5) is 14.1. The first-order valence-electron chi connectivity index (χ1n) is 6.38. The number of amides is 1. The minimum atomic E-state index is 0. The van der Waals surface area contributed by atoms with Gasteiger partial charge in [-0.3, -0.25) is 4.79 Å². The molecule has 2 N–H and O–H groups in total. The van der Waals surface area contributed by atoms with Gasteiger partial charge in [-0.1, -0.05) is 0 Å². The van der Waals surface area contributed by atoms with Gasteiger partial charge in [0.1, 0.15) is 0 Å². The van der Waals surface area contributed by atoms with Crippen LogP contribution in [0.1, 0.15) is 32.1 Å². The molecule has 0 aromatic rings. The summed E-state index contributed by atoms with van der Waals surface area (Å²) >= 11 is 0. The van der Waals surface area contributed by atoms with Crippen LogP contribution in [0, 0.1) is 5.92 Å². The maximum Gasteiger partial charge on any atom is 0.222 e. The van der Waals surface area contributed by atoms with E-state index in [1.165, 1.54) is 12.8 Å². The zero-order chi connectivity index (χ0) is 11.4. The van der Waals surface area contributed by atoms with Gasteiger partial charge >= 0.3 is 0 Å². The third-order valence-corrected chi connectivity index (χ3v) is 3.38. The van der Waals surface area contributed by atoms with Gasteiger partial charge in [-0.05, 0) is 32.2 Å². The van der Waals surface area contributed by atoms with Crippen molar-refractivity contribution in [1.29, 1.82) is 0 Å². The predicted octanol–water partition coefficient (Wildman–Crippen LogP) is 1.17. The van der Waals surface area contributed by atoms with Crippen LogP contribution >= 0.6 is 12.4 Å². The molecule has 0 radical (unpaired) electrons. The highest BCUT2D eigenvalue weighted by molar-refractivity contribution is 5.85. The Balaban J connectivity index is 0.00000144. The lowest BCUT2D eigenvalue weighted by Crippen LogP contribution is -2.37. The monoisotopic (exact) mass is 262 g/mol. The zero-order valence-electron chi connectivity index (χ0n) is 10.3. The Labute approximate surface area is 109 Å². The van der Waals surface area contributed by atoms with Gasteiger partial charge in [0.25, 0.3) is 0 Å². The third-order valence-electron chi connectivity index (χ3n) is 3.38. The number of nitrogens with zero attached hydrogens (tertiary/aromatic N) is 1. The molecule has 1 heterocycles. The van der Waals surface area contributed by atoms with Gasteiger partial charge in [-0.15, -0.1) is 12.4 Å². The quantitative estimate of drug-likeness (QED) is 0.782. The van der Waals surface area contributed by atoms with Gasteiger partial charge in [0.15, 0.2) is 0 Å². The van der Waals surface area contributed by atoms with Crippen molar-refractivity contribution in [1.82, 2.24) is 4.90 Å². The Morgan fingerprint density at radius 3 is 2.65 bits per heavy atom. The van der Waals surface area contributed by atoms with E-state index in [9.17, 15) is 4.79 Å². The summed E-state index contributed by atoms with van der Waals surface area (Å²) in [6, 6.07) is 0.519. The SMILES string of the molecule is Cl.NCCCC(=O)N(CC1CCOC1)C1CC1. The van der Waals surface area contributed by atoms with E-state index < -0.39 is 0 Å². The van der Waals surface area contributed by atoms with Gasteiger partial charge in [-0.25, -0.2) is 0 Å². The molecule has 1 unspecified atom stereocenters. The number of hydrogen-bond acceptors (Lipinski definition) is 3. The molecule has 2 aliphatic rings. The normalized spacial score (nSPS) is 23.2. The topological polar surface area (TPSA) is 55.6 Å². The van der Waals surface area contributed by atoms with Gasteiger partial charge in [0.05, 0.1) is 6.61 Å². The molecule has 2 rings (SSSR count). The number of nitrogens with two attached hydrogens (primary N) is 1. The highest BCUT2D eigenvalue weighted by Crippen LogP contribution is 2.29. The maximum absolute atomic E-state index is 12.0. The van der Waals surface area contributed by atoms with E-state index >= 15 is 0 Å². The molecule has 1 aliphatic carbocycles. The first kappa shape index (κ1) is 14.7. The van der Waals surface area contributed by atoms with Crippen LogP contribution in [0.25, 0.3) is 0 Å². The summed E-state index contributed by atoms with van der Waals surface area (Å²) in [6.07, 6.45) is 4.89. The van der Waals surface area contributed by atoms with Gasteiger partial charge in [0, 0.05) is 31.5 Å². The maximum atomic E-state index is 12.0. The van der Waals surface area contributed by atoms with Gasteiger partial charge in [0.2, 0.25) is 5.91 Å². The Morgan fingerprint density at radius 1 is 1.35 bits per heavy atom. The molecule has 5 heteroatoms. The van der Waals surface area contributed by atoms with Crippen molar-refractivity contribution in [3.05, 3.63) is 0 Å². The van der Waals surface area contributed by atoms with Crippen molar-refractivity contribution >= 4 is 18.3 Å². The van der Waals surface area contributed by atoms with Crippen LogP contribution in [0.4, 0.5) is 0 Å². The summed E-state index contributed by atoms with van der Waals surface area (Å²) < 4.78 is 5.36. The highest BCUT2D eigenvalue weighted by atomic mass is 35.5. The highest BCUT2D eigenvalue weighted by Gasteiger charge is 2.34. The molecule has 0 spiro atoms. The smallest absolute Gasteiger partial charge is 0.222 e. The predicted molar refractivity (Wildman–Crippen MR) is 69.2 cm³/mol. The van der Waals surface area contributed by atoms with Crippen LogP contribution in [-0.2, 0) is 9.53 Å². The molecular formula is C12H23ClN2O2. The van der Waals surface area contributed by atoms with Crippen LogP contribution in [0.3, 0.4) is 0 Å². The Hall–Kier alpha value is -0.320. The van der Waals surface area contributed by atoms with Crippen molar-refractivity contribution in [3.8, 4) is 0 Å². The Morgan fingerprint density at radius 2 is 2.12 bits per heavy atom. The van der Waals surface area contributed by atoms with Crippen LogP contribution in [-0.4, -0.2) is 43.2 Å². The molecule has 100 valence electrons. The molecule has 4 nitrogen and oxygen atoms in total. The molecule has 17 heavy (non-hydrogen) atoms. The van der Waals surface area contributed by atoms with Crippen LogP contribution in [0.5, 0.6) is 0 Å². The average molecular weight is 263 g/mol. The van der Waals surface area contributed by atoms with E-state index in [1.807, 2.05) is 0 Å². The van der Waals surface area contributed by atoms with E-state index in [2.05, 4.69) is 4.90 Å². The summed E-state index contributed by atoms with van der Waals surface area (Å²) in [7, 11) is 0. The van der Waals surface area contributed by atoms with Crippen molar-refractivity contribution < 1.29 is 9.53 Å². The molecule has 0 bridgehead atoms. The number of carbonyl (C=O) groups is 1. The third kappa shape index (κ3) is 4.45. The van der Waals surface area contributed by atoms with Crippen molar-refractivity contribution in [2.75, 3.05) is 26.3 Å². The second kappa shape index (κ2) is 7.19. The minimum absolute atomic E-state index is 0. The molecule has 0 aromatic heterocycles. The first-order valence-corrected chi connectivity index (χ1v) is 6.38. The summed E-state index contributed by atoms with van der Waals surface area (Å²) in [6.45, 7) is 3.19. The van der Waals surface area contributed by atoms with E-state index in [0.717, 1.165) is 32.6 Å². The number of halogens is 1. The van der Waals surface area contributed by atoms with Crippen LogP contribution < -0.4 is 5.73 Å². The molecule has 1 amide bonds. The van der Waals surface area contributed by atoms with Crippen LogP contribution in [0.2, 0.25) is 0 Å². The number of carbonyl (C=O) groups excluding carboxylic acids is 1. The Kier molecular flexibility index (Phi) is 6.23. The van der Waals surface area contributed by atoms with E-state index in [4.69, 9.17) is 10.5 Å². The second-order valence-corrected chi connectivity index (χ2v) is 4.90. The number of ether oxygens (including phenoxy) is 1. The zero-order valence-corrected chi connectivity index (χ0v) is 11.1. The largest absolute Gasteiger partial charge is 0.381 e. The summed E-state index contributed by atoms with van der Waals surface area (Å²) in [5.74, 6) is 0.849. The Bertz CT molecular complexity index is 241. The fourth-order valence-corrected chi connectivity index (χ4v) is 2.24. The van der Waals surface area contributed by atoms with E-state index in [-0.39, 0.29) is 12.4 Å². The lowest BCUT2D eigenvalue weighted by atomic mass is 10.1. The first-order chi connectivity index (χ1) is 7.81. The number of hydrogen-bond donors (Lipinski definition) is 1. The standard InChI is InChI=1S/C12H22N2O2.ClH/c13-6-1-2-12(15)14(11-3-4-11)8-10-5-7-16-9-10;/h10-11H,1-9,13H2;1H. The summed E-state index contributed by atoms with van der Waals surface area (Å²) in [5.41, 5.74) is 5.44. The lowest BCUT2D eigenvalue weighted by Gasteiger charge is -2.25. The number of rotatable bonds is 6. The van der Waals surface area contributed by atoms with Crippen molar-refractivity contribution in [3.63, 3.8) is 0 Å². The molecule has 1 aliphatic heterocycles. The van der Waals surface area contributed by atoms with Crippen molar-refractivity contribution in [2.24, 2.45) is 11.7 Å². The molecular weight excluding hydrogens is 240 g/mol. The lowest BCUT2D eigenvalue weighted by molar-refractivity contribution is -0.132. The summed E-state index contributed by atoms with van der Waals surface area (Å²) in [5, 5.41) is 0. The fraction of sp³-hybridized carbons (Fsp3) is 0.917. The molecule has 1 atom stereocenters. The second-order valence-electron chi connectivity index (χ2n) is 4.90. The van der Waals surface area contributed by atoms with Gasteiger partial charge < -0.3 is 15.4 Å². The van der Waals surface area contributed by atoms with Crippen LogP contribution in [0.15, 0.2) is 0 Å². The molecule has 1 saturated heterocycles. The molecule has 0 aromatic carbocycles. The minimum Gasteiger partial charge on any atom is -0.381 e. The van der Waals surface area contributed by atoms with E-state index in [1.54, 1.807) is 0 Å². The van der Waals surface area contributed by atoms with E-state index in [0.29, 0.717) is 30.8 Å². The average Bonchev–Trinajstić information content (AvgIpc) is 3.00. The van der Waals surface area contributed by atoms with Crippen molar-refractivity contribution in [2.45, 2.75) is 38.1 Å². The van der Waals surface area contributed by atoms with Gasteiger partial charge in [-0.2, -0.15) is 0 Å². The fourth-order valence-electron chi connectivity index (χ4n) is 2.24. The molecule has 2 fully saturated rings.